The van der Waals surface area contributed by atoms with Crippen molar-refractivity contribution in [2.24, 2.45) is 4.99 Å². The second kappa shape index (κ2) is 5.42. The van der Waals surface area contributed by atoms with E-state index in [0.29, 0.717) is 5.56 Å². The maximum absolute atomic E-state index is 11.9. The average Bonchev–Trinajstić information content (AvgIpc) is 2.29. The van der Waals surface area contributed by atoms with Crippen molar-refractivity contribution in [2.75, 3.05) is 14.2 Å². The van der Waals surface area contributed by atoms with E-state index in [9.17, 15) is 8.42 Å². The summed E-state index contributed by atoms with van der Waals surface area (Å²) in [4.78, 5) is 4.08. The molecule has 0 amide bonds. The largest absolute Gasteiger partial charge is 0.297 e. The Bertz CT molecular complexity index is 519. The van der Waals surface area contributed by atoms with Crippen LogP contribution < -0.4 is 0 Å². The zero-order valence-corrected chi connectivity index (χ0v) is 11.3. The molecule has 1 aromatic carbocycles. The van der Waals surface area contributed by atoms with Crippen molar-refractivity contribution in [2.45, 2.75) is 24.7 Å². The number of rotatable bonds is 4. The van der Waals surface area contributed by atoms with Gasteiger partial charge < -0.3 is 0 Å². The fourth-order valence-corrected chi connectivity index (χ4v) is 2.81. The minimum atomic E-state index is -3.72. The zero-order valence-electron chi connectivity index (χ0n) is 10.5. The fraction of sp³-hybridized carbons (Fsp3) is 0.417. The van der Waals surface area contributed by atoms with Gasteiger partial charge in [0, 0.05) is 18.8 Å². The normalized spacial score (nSPS) is 12.5. The van der Waals surface area contributed by atoms with Crippen LogP contribution >= 0.6 is 0 Å². The molecule has 0 radical (unpaired) electrons. The van der Waals surface area contributed by atoms with Gasteiger partial charge in [-0.05, 0) is 11.5 Å². The summed E-state index contributed by atoms with van der Waals surface area (Å²) in [6, 6.07) is 5.33. The van der Waals surface area contributed by atoms with Crippen molar-refractivity contribution < 1.29 is 12.6 Å². The van der Waals surface area contributed by atoms with Crippen molar-refractivity contribution in [1.82, 2.24) is 0 Å². The van der Waals surface area contributed by atoms with Gasteiger partial charge in [0.05, 0.1) is 7.11 Å². The van der Waals surface area contributed by atoms with E-state index in [0.717, 1.165) is 5.56 Å². The van der Waals surface area contributed by atoms with Gasteiger partial charge in [0.1, 0.15) is 4.90 Å². The molecule has 17 heavy (non-hydrogen) atoms. The van der Waals surface area contributed by atoms with Crippen LogP contribution in [0.4, 0.5) is 0 Å². The third-order valence-corrected chi connectivity index (χ3v) is 3.85. The maximum Gasteiger partial charge on any atom is 0.297 e. The lowest BCUT2D eigenvalue weighted by atomic mass is 10.0. The number of hydrogen-bond acceptors (Lipinski definition) is 4. The Kier molecular flexibility index (Phi) is 4.42. The Labute approximate surface area is 102 Å². The molecule has 0 heterocycles. The summed E-state index contributed by atoms with van der Waals surface area (Å²) in [5.74, 6) is 0.0973. The molecule has 0 spiro atoms. The second-order valence-corrected chi connectivity index (χ2v) is 5.58. The van der Waals surface area contributed by atoms with Crippen LogP contribution in [0.25, 0.3) is 0 Å². The van der Waals surface area contributed by atoms with Crippen LogP contribution in [0.3, 0.4) is 0 Å². The highest BCUT2D eigenvalue weighted by Gasteiger charge is 2.22. The summed E-state index contributed by atoms with van der Waals surface area (Å²) >= 11 is 0. The van der Waals surface area contributed by atoms with Crippen molar-refractivity contribution in [1.29, 1.82) is 0 Å². The molecule has 1 rings (SSSR count). The van der Waals surface area contributed by atoms with Crippen molar-refractivity contribution in [3.05, 3.63) is 29.3 Å². The third-order valence-electron chi connectivity index (χ3n) is 2.44. The van der Waals surface area contributed by atoms with Gasteiger partial charge in [-0.3, -0.25) is 9.18 Å². The first-order valence-electron chi connectivity index (χ1n) is 5.29. The third kappa shape index (κ3) is 2.92. The van der Waals surface area contributed by atoms with Gasteiger partial charge in [-0.2, -0.15) is 8.42 Å². The Morgan fingerprint density at radius 1 is 1.35 bits per heavy atom. The van der Waals surface area contributed by atoms with Crippen molar-refractivity contribution in [3.63, 3.8) is 0 Å². The van der Waals surface area contributed by atoms with E-state index in [2.05, 4.69) is 9.18 Å². The van der Waals surface area contributed by atoms with E-state index in [1.54, 1.807) is 19.2 Å². The van der Waals surface area contributed by atoms with E-state index >= 15 is 0 Å². The molecule has 1 aromatic rings. The minimum absolute atomic E-state index is 0.0973. The van der Waals surface area contributed by atoms with Gasteiger partial charge in [-0.15, -0.1) is 0 Å². The number of nitrogens with zero attached hydrogens (tertiary/aromatic N) is 1. The highest BCUT2D eigenvalue weighted by atomic mass is 32.2. The first-order valence-corrected chi connectivity index (χ1v) is 6.70. The molecule has 0 N–H and O–H groups in total. The van der Waals surface area contributed by atoms with Crippen molar-refractivity contribution in [3.8, 4) is 0 Å². The molecule has 0 aliphatic carbocycles. The van der Waals surface area contributed by atoms with Crippen LogP contribution in [0.2, 0.25) is 0 Å². The van der Waals surface area contributed by atoms with Crippen LogP contribution in [0.15, 0.2) is 28.1 Å². The molecule has 94 valence electrons. The minimum Gasteiger partial charge on any atom is -0.296 e. The topological polar surface area (TPSA) is 55.7 Å². The number of aliphatic imine (C=N–C) groups is 1. The fourth-order valence-electron chi connectivity index (χ4n) is 1.64. The van der Waals surface area contributed by atoms with Gasteiger partial charge >= 0.3 is 0 Å². The van der Waals surface area contributed by atoms with Crippen LogP contribution in [0.5, 0.6) is 0 Å². The van der Waals surface area contributed by atoms with Crippen LogP contribution in [-0.2, 0) is 14.3 Å². The summed E-state index contributed by atoms with van der Waals surface area (Å²) in [5.41, 5.74) is 1.30. The summed E-state index contributed by atoms with van der Waals surface area (Å²) in [6.07, 6.45) is 1.53. The molecular weight excluding hydrogens is 238 g/mol. The summed E-state index contributed by atoms with van der Waals surface area (Å²) < 4.78 is 28.5. The van der Waals surface area contributed by atoms with Gasteiger partial charge in [0.25, 0.3) is 10.1 Å². The Balaban J connectivity index is 3.61. The first-order chi connectivity index (χ1) is 7.94. The van der Waals surface area contributed by atoms with Crippen LogP contribution in [-0.4, -0.2) is 28.8 Å². The van der Waals surface area contributed by atoms with E-state index < -0.39 is 10.1 Å². The Morgan fingerprint density at radius 2 is 2.00 bits per heavy atom. The van der Waals surface area contributed by atoms with Crippen LogP contribution in [0, 0.1) is 0 Å². The van der Waals surface area contributed by atoms with E-state index in [4.69, 9.17) is 0 Å². The molecular formula is C12H17NO3S. The number of hydrogen-bond donors (Lipinski definition) is 0. The van der Waals surface area contributed by atoms with E-state index in [1.807, 2.05) is 19.9 Å². The molecule has 0 aliphatic heterocycles. The SMILES string of the molecule is CN=Cc1cccc(C(C)C)c1S(=O)(=O)OC. The lowest BCUT2D eigenvalue weighted by molar-refractivity contribution is 0.396. The highest BCUT2D eigenvalue weighted by molar-refractivity contribution is 7.86. The Morgan fingerprint density at radius 3 is 2.47 bits per heavy atom. The second-order valence-electron chi connectivity index (χ2n) is 3.93. The van der Waals surface area contributed by atoms with E-state index in [1.165, 1.54) is 13.3 Å². The lowest BCUT2D eigenvalue weighted by Crippen LogP contribution is -2.11. The molecule has 0 saturated carbocycles. The monoisotopic (exact) mass is 255 g/mol. The molecule has 0 saturated heterocycles. The quantitative estimate of drug-likeness (QED) is 0.612. The zero-order chi connectivity index (χ0) is 13.1. The first kappa shape index (κ1) is 13.9. The molecule has 5 heteroatoms. The molecule has 0 aliphatic rings. The molecule has 4 nitrogen and oxygen atoms in total. The lowest BCUT2D eigenvalue weighted by Gasteiger charge is -2.14. The summed E-state index contributed by atoms with van der Waals surface area (Å²) in [6.45, 7) is 3.88. The molecule has 0 unspecified atom stereocenters. The molecule has 0 aromatic heterocycles. The van der Waals surface area contributed by atoms with Crippen LogP contribution in [0.1, 0.15) is 30.9 Å². The van der Waals surface area contributed by atoms with Gasteiger partial charge in [-0.25, -0.2) is 0 Å². The average molecular weight is 255 g/mol. The molecule has 0 fully saturated rings. The Hall–Kier alpha value is -1.20. The predicted molar refractivity (Wildman–Crippen MR) is 68.2 cm³/mol. The summed E-state index contributed by atoms with van der Waals surface area (Å²) in [5, 5.41) is 0. The molecule has 0 atom stereocenters. The highest BCUT2D eigenvalue weighted by Crippen LogP contribution is 2.27. The van der Waals surface area contributed by atoms with Gasteiger partial charge in [0.15, 0.2) is 0 Å². The standard InChI is InChI=1S/C12H17NO3S/c1-9(2)11-7-5-6-10(8-13-3)12(11)17(14,15)16-4/h5-9H,1-4H3. The van der Waals surface area contributed by atoms with Gasteiger partial charge in [0.2, 0.25) is 0 Å². The predicted octanol–water partition coefficient (Wildman–Crippen LogP) is 2.19. The summed E-state index contributed by atoms with van der Waals surface area (Å²) in [7, 11) is -0.950. The van der Waals surface area contributed by atoms with Crippen molar-refractivity contribution >= 4 is 16.3 Å². The molecule has 0 bridgehead atoms. The maximum atomic E-state index is 11.9. The smallest absolute Gasteiger partial charge is 0.296 e. The van der Waals surface area contributed by atoms with Gasteiger partial charge in [-0.1, -0.05) is 32.0 Å². The number of benzene rings is 1. The van der Waals surface area contributed by atoms with E-state index in [-0.39, 0.29) is 10.8 Å².